The minimum Gasteiger partial charge on any atom is -0.381 e. The van der Waals surface area contributed by atoms with E-state index in [1.165, 1.54) is 5.56 Å². The summed E-state index contributed by atoms with van der Waals surface area (Å²) < 4.78 is 12.9. The zero-order valence-electron chi connectivity index (χ0n) is 15.4. The molecule has 2 rings (SSSR count). The Morgan fingerprint density at radius 1 is 1.36 bits per heavy atom. The van der Waals surface area contributed by atoms with Crippen LogP contribution in [-0.2, 0) is 22.9 Å². The summed E-state index contributed by atoms with van der Waals surface area (Å²) in [7, 11) is 3.72. The molecule has 0 bridgehead atoms. The van der Waals surface area contributed by atoms with Gasteiger partial charge in [-0.1, -0.05) is 0 Å². The highest BCUT2D eigenvalue weighted by Gasteiger charge is 2.13. The van der Waals surface area contributed by atoms with E-state index in [0.717, 1.165) is 71.2 Å². The third-order valence-electron chi connectivity index (χ3n) is 4.14. The van der Waals surface area contributed by atoms with Crippen molar-refractivity contribution in [2.24, 2.45) is 18.0 Å². The summed E-state index contributed by atoms with van der Waals surface area (Å²) in [6.07, 6.45) is 8.11. The Morgan fingerprint density at radius 3 is 2.80 bits per heavy atom. The number of nitrogens with zero attached hydrogens (tertiary/aromatic N) is 3. The van der Waals surface area contributed by atoms with E-state index in [1.54, 1.807) is 7.05 Å². The third-order valence-corrected chi connectivity index (χ3v) is 4.14. The number of rotatable bonds is 9. The Balaban J connectivity index is 0.00000312. The van der Waals surface area contributed by atoms with E-state index in [9.17, 15) is 0 Å². The molecule has 0 spiro atoms. The first kappa shape index (κ1) is 22.2. The highest BCUT2D eigenvalue weighted by atomic mass is 127. The van der Waals surface area contributed by atoms with Crippen molar-refractivity contribution in [3.8, 4) is 0 Å². The Labute approximate surface area is 168 Å². The highest BCUT2D eigenvalue weighted by Crippen LogP contribution is 2.14. The molecule has 1 aliphatic heterocycles. The number of halogens is 1. The maximum atomic E-state index is 5.76. The summed E-state index contributed by atoms with van der Waals surface area (Å²) in [4.78, 5) is 4.23. The molecule has 1 saturated heterocycles. The second-order valence-corrected chi connectivity index (χ2v) is 6.18. The van der Waals surface area contributed by atoms with Crippen molar-refractivity contribution in [2.45, 2.75) is 25.7 Å². The smallest absolute Gasteiger partial charge is 0.190 e. The first-order chi connectivity index (χ1) is 11.8. The molecule has 7 nitrogen and oxygen atoms in total. The maximum Gasteiger partial charge on any atom is 0.190 e. The summed E-state index contributed by atoms with van der Waals surface area (Å²) >= 11 is 0. The van der Waals surface area contributed by atoms with Crippen LogP contribution in [0.25, 0.3) is 0 Å². The van der Waals surface area contributed by atoms with E-state index in [1.807, 2.05) is 24.1 Å². The second kappa shape index (κ2) is 13.3. The number of aromatic nitrogens is 2. The number of aliphatic imine (C=N–C) groups is 1. The monoisotopic (exact) mass is 465 g/mol. The van der Waals surface area contributed by atoms with Gasteiger partial charge in [0.25, 0.3) is 0 Å². The van der Waals surface area contributed by atoms with Crippen LogP contribution < -0.4 is 10.6 Å². The van der Waals surface area contributed by atoms with Gasteiger partial charge in [0.15, 0.2) is 5.96 Å². The summed E-state index contributed by atoms with van der Waals surface area (Å²) in [5, 5.41) is 10.8. The molecule has 0 amide bonds. The van der Waals surface area contributed by atoms with Crippen LogP contribution in [0.3, 0.4) is 0 Å². The molecule has 25 heavy (non-hydrogen) atoms. The Kier molecular flexibility index (Phi) is 11.8. The van der Waals surface area contributed by atoms with Crippen molar-refractivity contribution < 1.29 is 9.47 Å². The maximum absolute atomic E-state index is 5.76. The molecule has 0 atom stereocenters. The molecule has 144 valence electrons. The molecular weight excluding hydrogens is 433 g/mol. The first-order valence-corrected chi connectivity index (χ1v) is 8.85. The molecule has 2 N–H and O–H groups in total. The predicted molar refractivity (Wildman–Crippen MR) is 111 cm³/mol. The van der Waals surface area contributed by atoms with Gasteiger partial charge in [-0.3, -0.25) is 9.67 Å². The molecule has 1 aromatic heterocycles. The Morgan fingerprint density at radius 2 is 2.12 bits per heavy atom. The minimum atomic E-state index is 0. The lowest BCUT2D eigenvalue weighted by Gasteiger charge is -2.21. The first-order valence-electron chi connectivity index (χ1n) is 8.85. The summed E-state index contributed by atoms with van der Waals surface area (Å²) in [5.74, 6) is 1.51. The van der Waals surface area contributed by atoms with Crippen LogP contribution in [0.1, 0.15) is 24.8 Å². The molecule has 8 heteroatoms. The zero-order chi connectivity index (χ0) is 17.0. The van der Waals surface area contributed by atoms with Gasteiger partial charge in [-0.05, 0) is 37.2 Å². The summed E-state index contributed by atoms with van der Waals surface area (Å²) in [6, 6.07) is 0. The van der Waals surface area contributed by atoms with Crippen LogP contribution in [-0.4, -0.2) is 62.3 Å². The van der Waals surface area contributed by atoms with Crippen LogP contribution in [0.2, 0.25) is 0 Å². The van der Waals surface area contributed by atoms with Crippen LogP contribution in [0.15, 0.2) is 17.4 Å². The molecule has 0 unspecified atom stereocenters. The number of ether oxygens (including phenoxy) is 2. The molecule has 0 aromatic carbocycles. The van der Waals surface area contributed by atoms with Gasteiger partial charge in [0, 0.05) is 59.8 Å². The van der Waals surface area contributed by atoms with Crippen molar-refractivity contribution in [1.82, 2.24) is 20.4 Å². The van der Waals surface area contributed by atoms with Crippen molar-refractivity contribution in [3.05, 3.63) is 18.0 Å². The van der Waals surface area contributed by atoms with Gasteiger partial charge in [0.05, 0.1) is 6.20 Å². The molecular formula is C17H32IN5O2. The van der Waals surface area contributed by atoms with E-state index in [2.05, 4.69) is 20.7 Å². The van der Waals surface area contributed by atoms with E-state index >= 15 is 0 Å². The Hall–Kier alpha value is -0.870. The molecule has 1 fully saturated rings. The topological polar surface area (TPSA) is 72.7 Å². The molecule has 2 heterocycles. The van der Waals surface area contributed by atoms with Crippen LogP contribution in [0.5, 0.6) is 0 Å². The normalized spacial score (nSPS) is 15.7. The average Bonchev–Trinajstić information content (AvgIpc) is 3.02. The molecule has 0 radical (unpaired) electrons. The fourth-order valence-electron chi connectivity index (χ4n) is 2.69. The predicted octanol–water partition coefficient (Wildman–Crippen LogP) is 1.58. The van der Waals surface area contributed by atoms with Crippen LogP contribution in [0.4, 0.5) is 0 Å². The number of guanidine groups is 1. The molecule has 0 saturated carbocycles. The van der Waals surface area contributed by atoms with Crippen molar-refractivity contribution in [3.63, 3.8) is 0 Å². The van der Waals surface area contributed by atoms with Gasteiger partial charge in [-0.2, -0.15) is 5.10 Å². The molecule has 1 aliphatic rings. The lowest BCUT2D eigenvalue weighted by molar-refractivity contribution is 0.0203. The van der Waals surface area contributed by atoms with Gasteiger partial charge in [-0.25, -0.2) is 0 Å². The zero-order valence-corrected chi connectivity index (χ0v) is 17.7. The number of aryl methyl sites for hydroxylation is 1. The van der Waals surface area contributed by atoms with E-state index in [0.29, 0.717) is 5.92 Å². The average molecular weight is 465 g/mol. The highest BCUT2D eigenvalue weighted by molar-refractivity contribution is 14.0. The van der Waals surface area contributed by atoms with E-state index in [4.69, 9.17) is 9.47 Å². The third kappa shape index (κ3) is 9.41. The standard InChI is InChI=1S/C17H31N5O2.HI/c1-18-17(20-8-4-16-12-21-22(2)13-16)19-7-3-9-24-14-15-5-10-23-11-6-15;/h12-13,15H,3-11,14H2,1-2H3,(H2,18,19,20);1H. The SMILES string of the molecule is CN=C(NCCCOCC1CCOCC1)NCCc1cnn(C)c1.I. The summed E-state index contributed by atoms with van der Waals surface area (Å²) in [5.41, 5.74) is 1.22. The number of hydrogen-bond acceptors (Lipinski definition) is 4. The fourth-order valence-corrected chi connectivity index (χ4v) is 2.69. The Bertz CT molecular complexity index is 489. The van der Waals surface area contributed by atoms with Gasteiger partial charge < -0.3 is 20.1 Å². The second-order valence-electron chi connectivity index (χ2n) is 6.18. The van der Waals surface area contributed by atoms with Gasteiger partial charge >= 0.3 is 0 Å². The van der Waals surface area contributed by atoms with Crippen molar-refractivity contribution >= 4 is 29.9 Å². The van der Waals surface area contributed by atoms with E-state index < -0.39 is 0 Å². The summed E-state index contributed by atoms with van der Waals surface area (Å²) in [6.45, 7) is 5.12. The number of nitrogens with one attached hydrogen (secondary N) is 2. The lowest BCUT2D eigenvalue weighted by atomic mass is 10.0. The quantitative estimate of drug-likeness (QED) is 0.251. The minimum absolute atomic E-state index is 0. The van der Waals surface area contributed by atoms with Gasteiger partial charge in [0.1, 0.15) is 0 Å². The van der Waals surface area contributed by atoms with E-state index in [-0.39, 0.29) is 24.0 Å². The van der Waals surface area contributed by atoms with Crippen LogP contribution >= 0.6 is 24.0 Å². The largest absolute Gasteiger partial charge is 0.381 e. The fraction of sp³-hybridized carbons (Fsp3) is 0.765. The van der Waals surface area contributed by atoms with Gasteiger partial charge in [-0.15, -0.1) is 24.0 Å². The lowest BCUT2D eigenvalue weighted by Crippen LogP contribution is -2.39. The van der Waals surface area contributed by atoms with Gasteiger partial charge in [0.2, 0.25) is 0 Å². The van der Waals surface area contributed by atoms with Crippen LogP contribution in [0, 0.1) is 5.92 Å². The molecule has 0 aliphatic carbocycles. The molecule has 1 aromatic rings. The van der Waals surface area contributed by atoms with Crippen molar-refractivity contribution in [2.75, 3.05) is 46.6 Å². The number of hydrogen-bond donors (Lipinski definition) is 2. The van der Waals surface area contributed by atoms with Crippen molar-refractivity contribution in [1.29, 1.82) is 0 Å².